The van der Waals surface area contributed by atoms with Gasteiger partial charge in [-0.25, -0.2) is 4.79 Å². The second-order valence-corrected chi connectivity index (χ2v) is 6.09. The van der Waals surface area contributed by atoms with Gasteiger partial charge in [0, 0.05) is 44.6 Å². The van der Waals surface area contributed by atoms with Crippen molar-refractivity contribution < 1.29 is 19.1 Å². The van der Waals surface area contributed by atoms with Crippen LogP contribution in [0.2, 0.25) is 0 Å². The Hall–Kier alpha value is -2.19. The monoisotopic (exact) mass is 354 g/mol. The number of rotatable bonds is 3. The highest BCUT2D eigenvalue weighted by Gasteiger charge is 2.18. The zero-order chi connectivity index (χ0) is 19.0. The SMILES string of the molecule is CC(C)(C)OC(=O)NCC1CNCCN1.COC=O.c1ccncc1. The quantitative estimate of drug-likeness (QED) is 0.695. The van der Waals surface area contributed by atoms with Crippen LogP contribution in [0.3, 0.4) is 0 Å². The van der Waals surface area contributed by atoms with Gasteiger partial charge in [-0.05, 0) is 32.9 Å². The van der Waals surface area contributed by atoms with Crippen molar-refractivity contribution >= 4 is 12.6 Å². The van der Waals surface area contributed by atoms with E-state index in [9.17, 15) is 4.79 Å². The maximum atomic E-state index is 11.3. The first-order valence-electron chi connectivity index (χ1n) is 8.11. The summed E-state index contributed by atoms with van der Waals surface area (Å²) in [4.78, 5) is 24.1. The topological polar surface area (TPSA) is 102 Å². The number of aromatic nitrogens is 1. The Kier molecular flexibility index (Phi) is 12.9. The zero-order valence-corrected chi connectivity index (χ0v) is 15.5. The number of carbonyl (C=O) groups excluding carboxylic acids is 2. The molecule has 1 saturated heterocycles. The molecule has 1 aromatic rings. The van der Waals surface area contributed by atoms with Crippen LogP contribution in [0.1, 0.15) is 20.8 Å². The molecule has 0 aromatic carbocycles. The standard InChI is InChI=1S/C10H21N3O2.C5H5N.C2H4O2/c1-10(2,3)15-9(14)13-7-8-6-11-4-5-12-8;1-2-4-6-5-3-1;1-4-2-3/h8,11-12H,4-7H2,1-3H3,(H,13,14);1-5H;2H,1H3. The summed E-state index contributed by atoms with van der Waals surface area (Å²) in [6.45, 7) is 9.36. The lowest BCUT2D eigenvalue weighted by Crippen LogP contribution is -2.53. The van der Waals surface area contributed by atoms with Gasteiger partial charge >= 0.3 is 6.09 Å². The van der Waals surface area contributed by atoms with Crippen LogP contribution in [0.25, 0.3) is 0 Å². The molecule has 1 fully saturated rings. The van der Waals surface area contributed by atoms with Gasteiger partial charge in [-0.1, -0.05) is 6.07 Å². The van der Waals surface area contributed by atoms with Crippen molar-refractivity contribution in [2.75, 3.05) is 33.3 Å². The average molecular weight is 354 g/mol. The van der Waals surface area contributed by atoms with Crippen LogP contribution in [-0.4, -0.2) is 62.5 Å². The lowest BCUT2D eigenvalue weighted by atomic mass is 10.2. The maximum Gasteiger partial charge on any atom is 0.407 e. The van der Waals surface area contributed by atoms with E-state index in [1.807, 2.05) is 39.0 Å². The largest absolute Gasteiger partial charge is 0.471 e. The zero-order valence-electron chi connectivity index (χ0n) is 15.5. The first-order chi connectivity index (χ1) is 11.9. The summed E-state index contributed by atoms with van der Waals surface area (Å²) in [5.41, 5.74) is -0.428. The van der Waals surface area contributed by atoms with Gasteiger partial charge in [-0.2, -0.15) is 0 Å². The molecule has 0 aliphatic carbocycles. The molecule has 1 aliphatic heterocycles. The Morgan fingerprint density at radius 3 is 2.28 bits per heavy atom. The van der Waals surface area contributed by atoms with Crippen molar-refractivity contribution in [3.05, 3.63) is 30.6 Å². The minimum atomic E-state index is -0.428. The number of piperazine rings is 1. The molecule has 1 aliphatic rings. The number of hydrogen-bond acceptors (Lipinski definition) is 7. The third-order valence-corrected chi connectivity index (χ3v) is 2.68. The molecule has 0 bridgehead atoms. The van der Waals surface area contributed by atoms with Gasteiger partial charge in [0.05, 0.1) is 7.11 Å². The van der Waals surface area contributed by atoms with Gasteiger partial charge in [-0.3, -0.25) is 9.78 Å². The fourth-order valence-corrected chi connectivity index (χ4v) is 1.69. The Morgan fingerprint density at radius 1 is 1.28 bits per heavy atom. The van der Waals surface area contributed by atoms with Gasteiger partial charge in [0.2, 0.25) is 0 Å². The number of hydrogen-bond donors (Lipinski definition) is 3. The number of alkyl carbamates (subject to hydrolysis) is 1. The summed E-state index contributed by atoms with van der Waals surface area (Å²) >= 11 is 0. The number of nitrogens with zero attached hydrogens (tertiary/aromatic N) is 1. The molecule has 0 radical (unpaired) electrons. The van der Waals surface area contributed by atoms with Crippen molar-refractivity contribution in [3.63, 3.8) is 0 Å². The van der Waals surface area contributed by atoms with Gasteiger partial charge in [-0.15, -0.1) is 0 Å². The van der Waals surface area contributed by atoms with Gasteiger partial charge < -0.3 is 25.4 Å². The van der Waals surface area contributed by atoms with Gasteiger partial charge in [0.1, 0.15) is 5.60 Å². The minimum Gasteiger partial charge on any atom is -0.471 e. The van der Waals surface area contributed by atoms with Crippen LogP contribution in [-0.2, 0) is 14.3 Å². The molecule has 0 spiro atoms. The van der Waals surface area contributed by atoms with Crippen LogP contribution < -0.4 is 16.0 Å². The van der Waals surface area contributed by atoms with Crippen molar-refractivity contribution in [3.8, 4) is 0 Å². The molecule has 0 saturated carbocycles. The predicted octanol–water partition coefficient (Wildman–Crippen LogP) is 0.943. The maximum absolute atomic E-state index is 11.3. The van der Waals surface area contributed by atoms with E-state index in [-0.39, 0.29) is 6.09 Å². The fraction of sp³-hybridized carbons (Fsp3) is 0.588. The van der Waals surface area contributed by atoms with Crippen molar-refractivity contribution in [1.82, 2.24) is 20.9 Å². The van der Waals surface area contributed by atoms with Crippen LogP contribution in [0, 0.1) is 0 Å². The fourth-order valence-electron chi connectivity index (χ4n) is 1.69. The van der Waals surface area contributed by atoms with Gasteiger partial charge in [0.15, 0.2) is 0 Å². The number of amides is 1. The normalized spacial score (nSPS) is 16.1. The Balaban J connectivity index is 0.000000470. The predicted molar refractivity (Wildman–Crippen MR) is 96.2 cm³/mol. The lowest BCUT2D eigenvalue weighted by Gasteiger charge is -2.25. The molecule has 1 unspecified atom stereocenters. The van der Waals surface area contributed by atoms with Crippen LogP contribution in [0.5, 0.6) is 0 Å². The molecular formula is C17H30N4O4. The third kappa shape index (κ3) is 16.5. The van der Waals surface area contributed by atoms with E-state index in [4.69, 9.17) is 9.53 Å². The van der Waals surface area contributed by atoms with E-state index in [0.29, 0.717) is 19.1 Å². The molecule has 2 rings (SSSR count). The number of carbonyl (C=O) groups is 2. The highest BCUT2D eigenvalue weighted by Crippen LogP contribution is 2.06. The van der Waals surface area contributed by atoms with Crippen molar-refractivity contribution in [1.29, 1.82) is 0 Å². The van der Waals surface area contributed by atoms with Crippen LogP contribution in [0.15, 0.2) is 30.6 Å². The Bertz CT molecular complexity index is 419. The van der Waals surface area contributed by atoms with Crippen LogP contribution >= 0.6 is 0 Å². The van der Waals surface area contributed by atoms with E-state index in [2.05, 4.69) is 25.7 Å². The average Bonchev–Trinajstić information content (AvgIpc) is 2.62. The number of nitrogens with one attached hydrogen (secondary N) is 3. The van der Waals surface area contributed by atoms with E-state index >= 15 is 0 Å². The summed E-state index contributed by atoms with van der Waals surface area (Å²) in [7, 11) is 1.31. The van der Waals surface area contributed by atoms with Gasteiger partial charge in [0.25, 0.3) is 6.47 Å². The summed E-state index contributed by atoms with van der Waals surface area (Å²) in [5, 5.41) is 9.30. The first kappa shape index (κ1) is 22.8. The lowest BCUT2D eigenvalue weighted by molar-refractivity contribution is -0.126. The molecule has 3 N–H and O–H groups in total. The highest BCUT2D eigenvalue weighted by molar-refractivity contribution is 5.67. The van der Waals surface area contributed by atoms with E-state index in [0.717, 1.165) is 19.6 Å². The van der Waals surface area contributed by atoms with Crippen molar-refractivity contribution in [2.24, 2.45) is 0 Å². The first-order valence-corrected chi connectivity index (χ1v) is 8.11. The molecule has 8 nitrogen and oxygen atoms in total. The molecule has 1 atom stereocenters. The minimum absolute atomic E-state index is 0.297. The molecule has 25 heavy (non-hydrogen) atoms. The molecule has 142 valence electrons. The highest BCUT2D eigenvalue weighted by atomic mass is 16.6. The molecule has 8 heteroatoms. The number of pyridine rings is 1. The van der Waals surface area contributed by atoms with Crippen molar-refractivity contribution in [2.45, 2.75) is 32.4 Å². The van der Waals surface area contributed by atoms with E-state index < -0.39 is 5.60 Å². The smallest absolute Gasteiger partial charge is 0.407 e. The molecular weight excluding hydrogens is 324 g/mol. The summed E-state index contributed by atoms with van der Waals surface area (Å²) in [5.74, 6) is 0. The Morgan fingerprint density at radius 2 is 1.92 bits per heavy atom. The summed E-state index contributed by atoms with van der Waals surface area (Å²) < 4.78 is 8.99. The molecule has 2 heterocycles. The van der Waals surface area contributed by atoms with Crippen LogP contribution in [0.4, 0.5) is 4.79 Å². The summed E-state index contributed by atoms with van der Waals surface area (Å²) in [6.07, 6.45) is 3.15. The van der Waals surface area contributed by atoms with E-state index in [1.165, 1.54) is 7.11 Å². The number of ether oxygens (including phenoxy) is 2. The second-order valence-electron chi connectivity index (χ2n) is 6.09. The molecule has 1 aromatic heterocycles. The van der Waals surface area contributed by atoms with E-state index in [1.54, 1.807) is 12.4 Å². The number of methoxy groups -OCH3 is 1. The third-order valence-electron chi connectivity index (χ3n) is 2.68. The summed E-state index contributed by atoms with van der Waals surface area (Å²) in [6, 6.07) is 6.01. The second kappa shape index (κ2) is 14.2. The Labute approximate surface area is 149 Å². The molecule has 1 amide bonds.